The summed E-state index contributed by atoms with van der Waals surface area (Å²) in [5, 5.41) is 0.678. The largest absolute Gasteiger partial charge is 0.446 e. The van der Waals surface area contributed by atoms with Gasteiger partial charge in [0.05, 0.1) is 0 Å². The summed E-state index contributed by atoms with van der Waals surface area (Å²) >= 11 is 0. The maximum absolute atomic E-state index is 10.3. The van der Waals surface area contributed by atoms with Crippen LogP contribution in [-0.4, -0.2) is 18.1 Å². The quantitative estimate of drug-likeness (QED) is 0.581. The van der Waals surface area contributed by atoms with Crippen LogP contribution in [0.4, 0.5) is 5.69 Å². The highest BCUT2D eigenvalue weighted by atomic mass is 31.2. The molecule has 1 saturated heterocycles. The minimum Gasteiger partial charge on any atom is -0.399 e. The fraction of sp³-hybridized carbons (Fsp3) is 0.455. The molecular weight excluding hydrogens is 225 g/mol. The van der Waals surface area contributed by atoms with E-state index in [1.54, 1.807) is 24.3 Å². The number of hydrogen-bond donors (Lipinski definition) is 2. The lowest BCUT2D eigenvalue weighted by molar-refractivity contribution is 0.0313. The van der Waals surface area contributed by atoms with Gasteiger partial charge in [-0.25, -0.2) is 0 Å². The van der Waals surface area contributed by atoms with E-state index in [0.29, 0.717) is 24.2 Å². The average molecular weight is 242 g/mol. The maximum Gasteiger partial charge on any atom is 0.446 e. The van der Waals surface area contributed by atoms with Crippen LogP contribution in [0.1, 0.15) is 13.8 Å². The highest BCUT2D eigenvalue weighted by Gasteiger charge is 2.50. The fourth-order valence-electron chi connectivity index (χ4n) is 1.42. The Labute approximate surface area is 96.0 Å². The molecule has 16 heavy (non-hydrogen) atoms. The normalized spacial score (nSPS) is 22.9. The van der Waals surface area contributed by atoms with E-state index < -0.39 is 7.94 Å². The molecule has 1 aliphatic heterocycles. The molecule has 0 spiro atoms. The van der Waals surface area contributed by atoms with Gasteiger partial charge in [0, 0.05) is 11.1 Å². The lowest BCUT2D eigenvalue weighted by Gasteiger charge is -2.31. The van der Waals surface area contributed by atoms with Crippen LogP contribution in [0.3, 0.4) is 0 Å². The number of nitrogen functional groups attached to an aromatic ring is 1. The molecular formula is C11H17NO3P+. The van der Waals surface area contributed by atoms with Crippen LogP contribution in [0.25, 0.3) is 0 Å². The van der Waals surface area contributed by atoms with Crippen molar-refractivity contribution in [2.75, 3.05) is 18.9 Å². The molecule has 0 saturated carbocycles. The molecule has 0 aliphatic carbocycles. The van der Waals surface area contributed by atoms with Crippen molar-refractivity contribution in [2.24, 2.45) is 5.41 Å². The van der Waals surface area contributed by atoms with Crippen molar-refractivity contribution >= 4 is 18.9 Å². The van der Waals surface area contributed by atoms with Gasteiger partial charge in [0.15, 0.2) is 5.30 Å². The van der Waals surface area contributed by atoms with Crippen LogP contribution in [0.15, 0.2) is 24.3 Å². The van der Waals surface area contributed by atoms with Gasteiger partial charge in [0.25, 0.3) is 0 Å². The van der Waals surface area contributed by atoms with Crippen molar-refractivity contribution in [3.8, 4) is 0 Å². The number of rotatable bonds is 1. The summed E-state index contributed by atoms with van der Waals surface area (Å²) in [6.07, 6.45) is 0. The summed E-state index contributed by atoms with van der Waals surface area (Å²) < 4.78 is 11.0. The van der Waals surface area contributed by atoms with Gasteiger partial charge in [-0.1, -0.05) is 13.8 Å². The SMILES string of the molecule is CC1(C)CO[P+](O)(c2ccc(N)cc2)OC1. The third-order valence-electron chi connectivity index (χ3n) is 2.48. The van der Waals surface area contributed by atoms with Gasteiger partial charge in [0.1, 0.15) is 13.2 Å². The zero-order valence-electron chi connectivity index (χ0n) is 9.51. The van der Waals surface area contributed by atoms with Gasteiger partial charge in [-0.2, -0.15) is 13.9 Å². The predicted molar refractivity (Wildman–Crippen MR) is 65.3 cm³/mol. The predicted octanol–water partition coefficient (Wildman–Crippen LogP) is 1.72. The molecule has 0 bridgehead atoms. The van der Waals surface area contributed by atoms with Crippen LogP contribution in [0.5, 0.6) is 0 Å². The Kier molecular flexibility index (Phi) is 2.93. The van der Waals surface area contributed by atoms with E-state index >= 15 is 0 Å². The first kappa shape index (κ1) is 11.8. The molecule has 1 aliphatic rings. The van der Waals surface area contributed by atoms with Crippen LogP contribution in [-0.2, 0) is 9.05 Å². The van der Waals surface area contributed by atoms with Crippen LogP contribution in [0.2, 0.25) is 0 Å². The molecule has 0 atom stereocenters. The molecule has 88 valence electrons. The van der Waals surface area contributed by atoms with Crippen molar-refractivity contribution < 1.29 is 13.9 Å². The molecule has 1 heterocycles. The standard InChI is InChI=1S/C11H17NO3P/c1-11(2)7-14-16(13,15-8-11)10-5-3-9(12)4-6-10/h3-6,13H,7-8,12H2,1-2H3/q+1. The van der Waals surface area contributed by atoms with E-state index in [2.05, 4.69) is 0 Å². The average Bonchev–Trinajstić information content (AvgIpc) is 2.24. The Morgan fingerprint density at radius 2 is 1.69 bits per heavy atom. The topological polar surface area (TPSA) is 64.7 Å². The zero-order chi connectivity index (χ0) is 11.8. The van der Waals surface area contributed by atoms with E-state index in [1.165, 1.54) is 0 Å². The lowest BCUT2D eigenvalue weighted by atomic mass is 9.97. The molecule has 1 aromatic rings. The van der Waals surface area contributed by atoms with Gasteiger partial charge in [-0.3, -0.25) is 0 Å². The van der Waals surface area contributed by atoms with E-state index in [4.69, 9.17) is 14.8 Å². The number of benzene rings is 1. The zero-order valence-corrected chi connectivity index (χ0v) is 10.4. The molecule has 1 aromatic carbocycles. The second-order valence-corrected chi connectivity index (χ2v) is 6.90. The summed E-state index contributed by atoms with van der Waals surface area (Å²) in [6.45, 7) is 5.09. The van der Waals surface area contributed by atoms with Crippen molar-refractivity contribution in [1.29, 1.82) is 0 Å². The second kappa shape index (κ2) is 3.97. The van der Waals surface area contributed by atoms with Gasteiger partial charge in [0.2, 0.25) is 0 Å². The van der Waals surface area contributed by atoms with Gasteiger partial charge in [-0.05, 0) is 24.3 Å². The Hall–Kier alpha value is -0.670. The van der Waals surface area contributed by atoms with E-state index in [0.717, 1.165) is 0 Å². The molecule has 0 radical (unpaired) electrons. The third kappa shape index (κ3) is 2.36. The first-order chi connectivity index (χ1) is 7.41. The Morgan fingerprint density at radius 1 is 1.19 bits per heavy atom. The van der Waals surface area contributed by atoms with E-state index in [1.807, 2.05) is 13.8 Å². The van der Waals surface area contributed by atoms with Crippen molar-refractivity contribution in [3.05, 3.63) is 24.3 Å². The van der Waals surface area contributed by atoms with Crippen LogP contribution >= 0.6 is 7.94 Å². The highest BCUT2D eigenvalue weighted by Crippen LogP contribution is 2.59. The third-order valence-corrected chi connectivity index (χ3v) is 4.39. The first-order valence-corrected chi connectivity index (χ1v) is 6.76. The summed E-state index contributed by atoms with van der Waals surface area (Å²) in [5.41, 5.74) is 6.21. The number of hydrogen-bond acceptors (Lipinski definition) is 4. The number of anilines is 1. The first-order valence-electron chi connectivity index (χ1n) is 5.18. The molecule has 4 nitrogen and oxygen atoms in total. The smallest absolute Gasteiger partial charge is 0.399 e. The van der Waals surface area contributed by atoms with Crippen molar-refractivity contribution in [2.45, 2.75) is 13.8 Å². The monoisotopic (exact) mass is 242 g/mol. The Morgan fingerprint density at radius 3 is 2.19 bits per heavy atom. The van der Waals surface area contributed by atoms with Gasteiger partial charge >= 0.3 is 7.94 Å². The van der Waals surface area contributed by atoms with E-state index in [-0.39, 0.29) is 5.41 Å². The minimum absolute atomic E-state index is 0.0416. The molecule has 5 heteroatoms. The molecule has 0 unspecified atom stereocenters. The summed E-state index contributed by atoms with van der Waals surface area (Å²) in [5.74, 6) is 0. The van der Waals surface area contributed by atoms with Crippen molar-refractivity contribution in [1.82, 2.24) is 0 Å². The summed E-state index contributed by atoms with van der Waals surface area (Å²) in [7, 11) is -2.87. The fourth-order valence-corrected chi connectivity index (χ4v) is 3.36. The van der Waals surface area contributed by atoms with Gasteiger partial charge in [-0.15, -0.1) is 0 Å². The van der Waals surface area contributed by atoms with E-state index in [9.17, 15) is 4.89 Å². The summed E-state index contributed by atoms with van der Waals surface area (Å²) in [6, 6.07) is 6.97. The second-order valence-electron chi connectivity index (χ2n) is 4.82. The molecule has 3 N–H and O–H groups in total. The Balaban J connectivity index is 2.18. The minimum atomic E-state index is -2.87. The van der Waals surface area contributed by atoms with Gasteiger partial charge < -0.3 is 5.73 Å². The van der Waals surface area contributed by atoms with Crippen molar-refractivity contribution in [3.63, 3.8) is 0 Å². The Bertz CT molecular complexity index is 367. The maximum atomic E-state index is 10.3. The molecule has 1 fully saturated rings. The highest BCUT2D eigenvalue weighted by molar-refractivity contribution is 7.68. The molecule has 0 amide bonds. The molecule has 0 aromatic heterocycles. The lowest BCUT2D eigenvalue weighted by Crippen LogP contribution is -2.34. The van der Waals surface area contributed by atoms with Crippen LogP contribution < -0.4 is 11.0 Å². The molecule has 2 rings (SSSR count). The number of nitrogens with two attached hydrogens (primary N) is 1. The van der Waals surface area contributed by atoms with Crippen LogP contribution in [0, 0.1) is 5.41 Å². The summed E-state index contributed by atoms with van der Waals surface area (Å²) in [4.78, 5) is 10.3.